The number of rotatable bonds is 1. The highest BCUT2D eigenvalue weighted by molar-refractivity contribution is 6.31. The van der Waals surface area contributed by atoms with E-state index in [0.717, 1.165) is 5.76 Å². The van der Waals surface area contributed by atoms with Crippen LogP contribution in [0.1, 0.15) is 0 Å². The third kappa shape index (κ3) is 1.68. The molecule has 1 aliphatic carbocycles. The van der Waals surface area contributed by atoms with Crippen LogP contribution in [0.5, 0.6) is 0 Å². The summed E-state index contributed by atoms with van der Waals surface area (Å²) in [5.41, 5.74) is 0. The van der Waals surface area contributed by atoms with Crippen LogP contribution in [0.25, 0.3) is 0 Å². The molecular formula is C7H8Cl2O. The molecule has 0 fully saturated rings. The van der Waals surface area contributed by atoms with Gasteiger partial charge in [0.05, 0.1) is 17.9 Å². The van der Waals surface area contributed by atoms with E-state index in [2.05, 4.69) is 0 Å². The number of hydrogen-bond donors (Lipinski definition) is 0. The Balaban J connectivity index is 2.66. The Bertz CT molecular complexity index is 174. The molecule has 0 aliphatic heterocycles. The first kappa shape index (κ1) is 7.96. The summed E-state index contributed by atoms with van der Waals surface area (Å²) in [5, 5.41) is -0.262. The summed E-state index contributed by atoms with van der Waals surface area (Å²) >= 11 is 11.6. The van der Waals surface area contributed by atoms with Gasteiger partial charge in [0.15, 0.2) is 0 Å². The molecule has 2 unspecified atom stereocenters. The van der Waals surface area contributed by atoms with Crippen molar-refractivity contribution in [3.8, 4) is 0 Å². The standard InChI is InChI=1S/C7H8Cl2O/c1-10-5-2-3-6(8)7(9)4-5/h2-4,6-7H,1H3. The largest absolute Gasteiger partial charge is 0.497 e. The number of alkyl halides is 2. The third-order valence-electron chi connectivity index (χ3n) is 1.31. The lowest BCUT2D eigenvalue weighted by Crippen LogP contribution is -2.13. The first-order valence-corrected chi connectivity index (χ1v) is 3.83. The first-order valence-electron chi connectivity index (χ1n) is 2.96. The Kier molecular flexibility index (Phi) is 2.64. The number of methoxy groups -OCH3 is 1. The van der Waals surface area contributed by atoms with Gasteiger partial charge in [-0.3, -0.25) is 0 Å². The minimum Gasteiger partial charge on any atom is -0.497 e. The normalized spacial score (nSPS) is 31.7. The summed E-state index contributed by atoms with van der Waals surface area (Å²) in [6, 6.07) is 0. The molecule has 0 spiro atoms. The van der Waals surface area contributed by atoms with Gasteiger partial charge in [0, 0.05) is 0 Å². The maximum absolute atomic E-state index is 5.80. The molecule has 2 atom stereocenters. The lowest BCUT2D eigenvalue weighted by atomic mass is 10.1. The van der Waals surface area contributed by atoms with Gasteiger partial charge in [-0.25, -0.2) is 0 Å². The van der Waals surface area contributed by atoms with Crippen molar-refractivity contribution in [2.45, 2.75) is 10.8 Å². The molecule has 0 aromatic carbocycles. The molecule has 1 aliphatic rings. The predicted octanol–water partition coefficient (Wildman–Crippen LogP) is 2.30. The van der Waals surface area contributed by atoms with E-state index in [4.69, 9.17) is 27.9 Å². The van der Waals surface area contributed by atoms with Crippen LogP contribution in [0.3, 0.4) is 0 Å². The molecular weight excluding hydrogens is 171 g/mol. The minimum atomic E-state index is -0.151. The predicted molar refractivity (Wildman–Crippen MR) is 43.5 cm³/mol. The molecule has 3 heteroatoms. The third-order valence-corrected chi connectivity index (χ3v) is 2.25. The molecule has 0 heterocycles. The average molecular weight is 179 g/mol. The van der Waals surface area contributed by atoms with Gasteiger partial charge >= 0.3 is 0 Å². The van der Waals surface area contributed by atoms with Crippen molar-refractivity contribution in [1.82, 2.24) is 0 Å². The zero-order valence-electron chi connectivity index (χ0n) is 5.55. The van der Waals surface area contributed by atoms with Crippen LogP contribution in [-0.2, 0) is 4.74 Å². The summed E-state index contributed by atoms with van der Waals surface area (Å²) < 4.78 is 4.94. The lowest BCUT2D eigenvalue weighted by Gasteiger charge is -2.14. The van der Waals surface area contributed by atoms with Gasteiger partial charge in [-0.15, -0.1) is 23.2 Å². The molecule has 0 saturated heterocycles. The van der Waals surface area contributed by atoms with E-state index in [1.165, 1.54) is 0 Å². The Morgan fingerprint density at radius 3 is 2.60 bits per heavy atom. The van der Waals surface area contributed by atoms with E-state index in [9.17, 15) is 0 Å². The highest BCUT2D eigenvalue weighted by Gasteiger charge is 2.15. The van der Waals surface area contributed by atoms with Crippen LogP contribution >= 0.6 is 23.2 Å². The van der Waals surface area contributed by atoms with Crippen LogP contribution in [0.15, 0.2) is 24.0 Å². The summed E-state index contributed by atoms with van der Waals surface area (Å²) in [6.45, 7) is 0. The summed E-state index contributed by atoms with van der Waals surface area (Å²) in [4.78, 5) is 0. The van der Waals surface area contributed by atoms with Gasteiger partial charge in [-0.2, -0.15) is 0 Å². The van der Waals surface area contributed by atoms with E-state index < -0.39 is 0 Å². The van der Waals surface area contributed by atoms with E-state index in [1.54, 1.807) is 13.2 Å². The van der Waals surface area contributed by atoms with E-state index in [0.29, 0.717) is 0 Å². The fourth-order valence-corrected chi connectivity index (χ4v) is 1.09. The molecule has 56 valence electrons. The zero-order chi connectivity index (χ0) is 7.56. The van der Waals surface area contributed by atoms with Crippen LogP contribution < -0.4 is 0 Å². The highest BCUT2D eigenvalue weighted by Crippen LogP contribution is 2.20. The minimum absolute atomic E-state index is 0.111. The summed E-state index contributed by atoms with van der Waals surface area (Å²) in [5.74, 6) is 0.775. The van der Waals surface area contributed by atoms with Gasteiger partial charge in [-0.05, 0) is 12.2 Å². The molecule has 0 N–H and O–H groups in total. The Labute approximate surface area is 70.3 Å². The number of hydrogen-bond acceptors (Lipinski definition) is 1. The molecule has 1 rings (SSSR count). The Morgan fingerprint density at radius 1 is 1.40 bits per heavy atom. The van der Waals surface area contributed by atoms with Gasteiger partial charge < -0.3 is 4.74 Å². The molecule has 0 saturated carbocycles. The van der Waals surface area contributed by atoms with Crippen molar-refractivity contribution in [2.24, 2.45) is 0 Å². The van der Waals surface area contributed by atoms with Crippen molar-refractivity contribution >= 4 is 23.2 Å². The SMILES string of the molecule is COC1=CC(Cl)C(Cl)C=C1. The van der Waals surface area contributed by atoms with Gasteiger partial charge in [0.25, 0.3) is 0 Å². The topological polar surface area (TPSA) is 9.23 Å². The molecule has 0 aromatic rings. The lowest BCUT2D eigenvalue weighted by molar-refractivity contribution is 0.304. The summed E-state index contributed by atoms with van der Waals surface area (Å²) in [6.07, 6.45) is 5.42. The summed E-state index contributed by atoms with van der Waals surface area (Å²) in [7, 11) is 1.61. The Morgan fingerprint density at radius 2 is 2.10 bits per heavy atom. The second-order valence-electron chi connectivity index (χ2n) is 2.02. The van der Waals surface area contributed by atoms with Gasteiger partial charge in [0.2, 0.25) is 0 Å². The average Bonchev–Trinajstić information content (AvgIpc) is 1.95. The van der Waals surface area contributed by atoms with Crippen LogP contribution in [0.4, 0.5) is 0 Å². The number of ether oxygens (including phenoxy) is 1. The van der Waals surface area contributed by atoms with Gasteiger partial charge in [-0.1, -0.05) is 6.08 Å². The van der Waals surface area contributed by atoms with Crippen LogP contribution in [0.2, 0.25) is 0 Å². The molecule has 10 heavy (non-hydrogen) atoms. The van der Waals surface area contributed by atoms with Crippen molar-refractivity contribution in [2.75, 3.05) is 7.11 Å². The Hall–Kier alpha value is -0.140. The van der Waals surface area contributed by atoms with Crippen molar-refractivity contribution in [1.29, 1.82) is 0 Å². The number of halogens is 2. The van der Waals surface area contributed by atoms with Crippen molar-refractivity contribution < 1.29 is 4.74 Å². The second kappa shape index (κ2) is 3.31. The zero-order valence-corrected chi connectivity index (χ0v) is 7.06. The molecule has 0 aromatic heterocycles. The van der Waals surface area contributed by atoms with Crippen LogP contribution in [0, 0.1) is 0 Å². The quantitative estimate of drug-likeness (QED) is 0.561. The van der Waals surface area contributed by atoms with E-state index >= 15 is 0 Å². The molecule has 0 radical (unpaired) electrons. The second-order valence-corrected chi connectivity index (χ2v) is 3.03. The van der Waals surface area contributed by atoms with E-state index in [1.807, 2.05) is 12.2 Å². The number of allylic oxidation sites excluding steroid dienone is 3. The monoisotopic (exact) mass is 178 g/mol. The maximum atomic E-state index is 5.80. The fourth-order valence-electron chi connectivity index (χ4n) is 0.733. The van der Waals surface area contributed by atoms with Crippen molar-refractivity contribution in [3.63, 3.8) is 0 Å². The molecule has 0 amide bonds. The van der Waals surface area contributed by atoms with E-state index in [-0.39, 0.29) is 10.8 Å². The fraction of sp³-hybridized carbons (Fsp3) is 0.429. The molecule has 0 bridgehead atoms. The van der Waals surface area contributed by atoms with Crippen molar-refractivity contribution in [3.05, 3.63) is 24.0 Å². The molecule has 1 nitrogen and oxygen atoms in total. The van der Waals surface area contributed by atoms with Gasteiger partial charge in [0.1, 0.15) is 5.76 Å². The smallest absolute Gasteiger partial charge is 0.116 e. The van der Waals surface area contributed by atoms with Crippen LogP contribution in [-0.4, -0.2) is 17.9 Å². The maximum Gasteiger partial charge on any atom is 0.116 e. The highest BCUT2D eigenvalue weighted by atomic mass is 35.5. The first-order chi connectivity index (χ1) is 4.74.